The van der Waals surface area contributed by atoms with Crippen LogP contribution in [0.1, 0.15) is 18.1 Å². The van der Waals surface area contributed by atoms with E-state index in [0.29, 0.717) is 0 Å². The minimum absolute atomic E-state index is 0.00579. The summed E-state index contributed by atoms with van der Waals surface area (Å²) in [6.07, 6.45) is -0.362. The first-order chi connectivity index (χ1) is 8.99. The van der Waals surface area contributed by atoms with Gasteiger partial charge in [0.05, 0.1) is 29.7 Å². The molecule has 0 saturated heterocycles. The lowest BCUT2D eigenvalue weighted by Crippen LogP contribution is -2.12. The third-order valence-corrected chi connectivity index (χ3v) is 2.46. The van der Waals surface area contributed by atoms with Gasteiger partial charge >= 0.3 is 12.6 Å². The van der Waals surface area contributed by atoms with Gasteiger partial charge in [-0.2, -0.15) is 14.0 Å². The highest BCUT2D eigenvalue weighted by Gasteiger charge is 2.20. The lowest BCUT2D eigenvalue weighted by atomic mass is 10.0. The van der Waals surface area contributed by atoms with Crippen molar-refractivity contribution in [3.8, 4) is 11.8 Å². The van der Waals surface area contributed by atoms with E-state index < -0.39 is 12.6 Å². The third kappa shape index (κ3) is 4.07. The van der Waals surface area contributed by atoms with Crippen LogP contribution in [0, 0.1) is 11.3 Å². The zero-order valence-electron chi connectivity index (χ0n) is 9.95. The maximum atomic E-state index is 12.3. The molecule has 0 fully saturated rings. The summed E-state index contributed by atoms with van der Waals surface area (Å²) >= 11 is 5.74. The van der Waals surface area contributed by atoms with Crippen molar-refractivity contribution >= 4 is 17.6 Å². The van der Waals surface area contributed by atoms with Gasteiger partial charge in [0.1, 0.15) is 5.75 Å². The molecule has 0 amide bonds. The fourth-order valence-electron chi connectivity index (χ4n) is 1.45. The summed E-state index contributed by atoms with van der Waals surface area (Å²) in [6.45, 7) is -1.35. The van der Waals surface area contributed by atoms with Gasteiger partial charge in [0.2, 0.25) is 0 Å². The molecule has 1 aromatic carbocycles. The minimum atomic E-state index is -3.10. The Morgan fingerprint density at radius 2 is 2.21 bits per heavy atom. The number of esters is 1. The standard InChI is InChI=1S/C12H10ClF2NO3/c1-2-18-10(17)5-8-7(6-16)3-4-9(13)11(8)19-12(14)15/h3-4,12H,2,5H2,1H3. The molecule has 0 aliphatic heterocycles. The predicted octanol–water partition coefficient (Wildman–Crippen LogP) is 2.92. The number of rotatable bonds is 5. The van der Waals surface area contributed by atoms with Crippen molar-refractivity contribution in [1.82, 2.24) is 0 Å². The Bertz CT molecular complexity index is 514. The highest BCUT2D eigenvalue weighted by molar-refractivity contribution is 6.32. The molecule has 7 heteroatoms. The SMILES string of the molecule is CCOC(=O)Cc1c(C#N)ccc(Cl)c1OC(F)F. The number of nitriles is 1. The van der Waals surface area contributed by atoms with Crippen LogP contribution in [0.5, 0.6) is 5.75 Å². The number of hydrogen-bond acceptors (Lipinski definition) is 4. The van der Waals surface area contributed by atoms with Gasteiger partial charge < -0.3 is 9.47 Å². The van der Waals surface area contributed by atoms with E-state index in [1.807, 2.05) is 0 Å². The van der Waals surface area contributed by atoms with Crippen LogP contribution in [0.4, 0.5) is 8.78 Å². The zero-order chi connectivity index (χ0) is 14.4. The molecule has 1 aromatic rings. The fraction of sp³-hybridized carbons (Fsp3) is 0.333. The molecule has 1 rings (SSSR count). The highest BCUT2D eigenvalue weighted by Crippen LogP contribution is 2.33. The first-order valence-electron chi connectivity index (χ1n) is 5.31. The largest absolute Gasteiger partial charge is 0.466 e. The molecule has 0 unspecified atom stereocenters. The quantitative estimate of drug-likeness (QED) is 0.782. The molecule has 0 N–H and O–H groups in total. The molecule has 0 aromatic heterocycles. The second-order valence-corrected chi connectivity index (χ2v) is 3.78. The van der Waals surface area contributed by atoms with Crippen molar-refractivity contribution in [3.63, 3.8) is 0 Å². The van der Waals surface area contributed by atoms with Crippen LogP contribution in [0.2, 0.25) is 5.02 Å². The van der Waals surface area contributed by atoms with Gasteiger partial charge in [-0.1, -0.05) is 11.6 Å². The number of benzene rings is 1. The Morgan fingerprint density at radius 3 is 2.74 bits per heavy atom. The molecule has 19 heavy (non-hydrogen) atoms. The average molecular weight is 290 g/mol. The predicted molar refractivity (Wildman–Crippen MR) is 63.1 cm³/mol. The van der Waals surface area contributed by atoms with Gasteiger partial charge in [0.15, 0.2) is 0 Å². The normalized spacial score (nSPS) is 10.1. The van der Waals surface area contributed by atoms with E-state index in [-0.39, 0.29) is 34.9 Å². The summed E-state index contributed by atoms with van der Waals surface area (Å²) in [4.78, 5) is 11.4. The van der Waals surface area contributed by atoms with Crippen LogP contribution in [0.15, 0.2) is 12.1 Å². The Kier molecular flexibility index (Phi) is 5.52. The van der Waals surface area contributed by atoms with Crippen molar-refractivity contribution in [2.45, 2.75) is 20.0 Å². The van der Waals surface area contributed by atoms with Gasteiger partial charge in [-0.25, -0.2) is 0 Å². The number of alkyl halides is 2. The summed E-state index contributed by atoms with van der Waals surface area (Å²) < 4.78 is 33.6. The molecule has 0 aliphatic carbocycles. The molecule has 0 saturated carbocycles. The summed E-state index contributed by atoms with van der Waals surface area (Å²) in [5.74, 6) is -1.02. The first kappa shape index (κ1) is 15.2. The summed E-state index contributed by atoms with van der Waals surface area (Å²) in [7, 11) is 0. The summed E-state index contributed by atoms with van der Waals surface area (Å²) in [5.41, 5.74) is 0.0295. The van der Waals surface area contributed by atoms with Crippen LogP contribution in [-0.4, -0.2) is 19.2 Å². The van der Waals surface area contributed by atoms with E-state index in [9.17, 15) is 13.6 Å². The van der Waals surface area contributed by atoms with Crippen LogP contribution in [-0.2, 0) is 16.0 Å². The Morgan fingerprint density at radius 1 is 1.53 bits per heavy atom. The lowest BCUT2D eigenvalue weighted by molar-refractivity contribution is -0.142. The number of carbonyl (C=O) groups is 1. The van der Waals surface area contributed by atoms with E-state index in [4.69, 9.17) is 21.6 Å². The topological polar surface area (TPSA) is 59.3 Å². The molecule has 0 aliphatic rings. The van der Waals surface area contributed by atoms with E-state index in [1.165, 1.54) is 12.1 Å². The summed E-state index contributed by atoms with van der Waals surface area (Å²) in [5, 5.41) is 8.82. The van der Waals surface area contributed by atoms with Crippen molar-refractivity contribution in [3.05, 3.63) is 28.3 Å². The van der Waals surface area contributed by atoms with Crippen LogP contribution >= 0.6 is 11.6 Å². The average Bonchev–Trinajstić information content (AvgIpc) is 2.34. The number of halogens is 3. The molecular formula is C12H10ClF2NO3. The van der Waals surface area contributed by atoms with Gasteiger partial charge in [-0.05, 0) is 19.1 Å². The monoisotopic (exact) mass is 289 g/mol. The van der Waals surface area contributed by atoms with Crippen LogP contribution in [0.3, 0.4) is 0 Å². The molecule has 0 spiro atoms. The Labute approximate surface area is 113 Å². The number of carbonyl (C=O) groups excluding carboxylic acids is 1. The Hall–Kier alpha value is -1.87. The van der Waals surface area contributed by atoms with Crippen molar-refractivity contribution in [2.75, 3.05) is 6.61 Å². The molecule has 0 heterocycles. The highest BCUT2D eigenvalue weighted by atomic mass is 35.5. The van der Waals surface area contributed by atoms with Crippen LogP contribution < -0.4 is 4.74 Å². The van der Waals surface area contributed by atoms with E-state index in [0.717, 1.165) is 0 Å². The van der Waals surface area contributed by atoms with E-state index in [2.05, 4.69) is 4.74 Å². The number of hydrogen-bond donors (Lipinski definition) is 0. The summed E-state index contributed by atoms with van der Waals surface area (Å²) in [6, 6.07) is 4.38. The number of nitrogens with zero attached hydrogens (tertiary/aromatic N) is 1. The minimum Gasteiger partial charge on any atom is -0.466 e. The second-order valence-electron chi connectivity index (χ2n) is 3.37. The van der Waals surface area contributed by atoms with Crippen molar-refractivity contribution in [1.29, 1.82) is 5.26 Å². The Balaban J connectivity index is 3.20. The van der Waals surface area contributed by atoms with E-state index in [1.54, 1.807) is 13.0 Å². The number of ether oxygens (including phenoxy) is 2. The molecular weight excluding hydrogens is 280 g/mol. The third-order valence-electron chi connectivity index (χ3n) is 2.17. The lowest BCUT2D eigenvalue weighted by Gasteiger charge is -2.13. The van der Waals surface area contributed by atoms with Gasteiger partial charge in [-0.3, -0.25) is 4.79 Å². The molecule has 4 nitrogen and oxygen atoms in total. The van der Waals surface area contributed by atoms with Gasteiger partial charge in [0.25, 0.3) is 0 Å². The smallest absolute Gasteiger partial charge is 0.387 e. The van der Waals surface area contributed by atoms with Gasteiger partial charge in [0, 0.05) is 5.56 Å². The maximum absolute atomic E-state index is 12.3. The molecule has 0 atom stereocenters. The molecule has 102 valence electrons. The maximum Gasteiger partial charge on any atom is 0.387 e. The molecule has 0 bridgehead atoms. The fourth-order valence-corrected chi connectivity index (χ4v) is 1.67. The first-order valence-corrected chi connectivity index (χ1v) is 5.69. The second kappa shape index (κ2) is 6.90. The zero-order valence-corrected chi connectivity index (χ0v) is 10.7. The van der Waals surface area contributed by atoms with Crippen molar-refractivity contribution < 1.29 is 23.0 Å². The van der Waals surface area contributed by atoms with E-state index >= 15 is 0 Å². The van der Waals surface area contributed by atoms with Crippen molar-refractivity contribution in [2.24, 2.45) is 0 Å². The molecule has 0 radical (unpaired) electrons. The van der Waals surface area contributed by atoms with Crippen LogP contribution in [0.25, 0.3) is 0 Å². The van der Waals surface area contributed by atoms with Gasteiger partial charge in [-0.15, -0.1) is 0 Å².